The lowest BCUT2D eigenvalue weighted by molar-refractivity contribution is -0.119. The molecule has 1 atom stereocenters. The van der Waals surface area contributed by atoms with E-state index in [9.17, 15) is 4.79 Å². The third-order valence-corrected chi connectivity index (χ3v) is 3.18. The molecule has 19 heavy (non-hydrogen) atoms. The average Bonchev–Trinajstić information content (AvgIpc) is 2.83. The number of anilines is 2. The van der Waals surface area contributed by atoms with Crippen LogP contribution in [0.2, 0.25) is 0 Å². The molecule has 1 unspecified atom stereocenters. The molecule has 0 saturated carbocycles. The van der Waals surface area contributed by atoms with Crippen molar-refractivity contribution in [1.82, 2.24) is 15.3 Å². The van der Waals surface area contributed by atoms with Gasteiger partial charge in [-0.05, 0) is 12.8 Å². The van der Waals surface area contributed by atoms with Crippen molar-refractivity contribution in [2.45, 2.75) is 38.6 Å². The smallest absolute Gasteiger partial charge is 0.220 e. The van der Waals surface area contributed by atoms with Crippen molar-refractivity contribution in [2.75, 3.05) is 17.3 Å². The highest BCUT2D eigenvalue weighted by Gasteiger charge is 2.21. The minimum Gasteiger partial charge on any atom is -0.368 e. The van der Waals surface area contributed by atoms with E-state index in [1.807, 2.05) is 0 Å². The summed E-state index contributed by atoms with van der Waals surface area (Å²) < 4.78 is 0. The number of hydrazine groups is 1. The molecule has 7 nitrogen and oxygen atoms in total. The molecule has 1 saturated heterocycles. The van der Waals surface area contributed by atoms with Crippen LogP contribution in [0.1, 0.15) is 31.7 Å². The van der Waals surface area contributed by atoms with E-state index in [-0.39, 0.29) is 11.9 Å². The van der Waals surface area contributed by atoms with Gasteiger partial charge in [0.25, 0.3) is 0 Å². The van der Waals surface area contributed by atoms with E-state index in [4.69, 9.17) is 5.84 Å². The van der Waals surface area contributed by atoms with Gasteiger partial charge in [-0.1, -0.05) is 13.3 Å². The van der Waals surface area contributed by atoms with Crippen LogP contribution in [0, 0.1) is 0 Å². The minimum atomic E-state index is 0.118. The van der Waals surface area contributed by atoms with E-state index in [1.54, 1.807) is 0 Å². The minimum absolute atomic E-state index is 0.118. The van der Waals surface area contributed by atoms with Crippen molar-refractivity contribution in [3.63, 3.8) is 0 Å². The molecule has 2 heterocycles. The van der Waals surface area contributed by atoms with Crippen LogP contribution >= 0.6 is 0 Å². The Kier molecular flexibility index (Phi) is 4.51. The van der Waals surface area contributed by atoms with Gasteiger partial charge in [0.1, 0.15) is 18.0 Å². The second-order valence-electron chi connectivity index (χ2n) is 4.63. The second kappa shape index (κ2) is 6.33. The summed E-state index contributed by atoms with van der Waals surface area (Å²) in [7, 11) is 0. The molecule has 7 heteroatoms. The molecule has 1 aromatic rings. The summed E-state index contributed by atoms with van der Waals surface area (Å²) in [4.78, 5) is 19.5. The highest BCUT2D eigenvalue weighted by atomic mass is 16.1. The van der Waals surface area contributed by atoms with Crippen LogP contribution in [-0.2, 0) is 11.2 Å². The molecule has 1 aliphatic rings. The molecule has 0 aliphatic carbocycles. The normalized spacial score (nSPS) is 18.2. The second-order valence-corrected chi connectivity index (χ2v) is 4.63. The summed E-state index contributed by atoms with van der Waals surface area (Å²) in [5.41, 5.74) is 3.58. The summed E-state index contributed by atoms with van der Waals surface area (Å²) in [5.74, 6) is 7.01. The Morgan fingerprint density at radius 2 is 2.26 bits per heavy atom. The van der Waals surface area contributed by atoms with E-state index in [1.165, 1.54) is 6.33 Å². The Hall–Kier alpha value is -1.89. The van der Waals surface area contributed by atoms with Gasteiger partial charge in [0.2, 0.25) is 5.91 Å². The summed E-state index contributed by atoms with van der Waals surface area (Å²) in [5, 5.41) is 6.19. The van der Waals surface area contributed by atoms with Gasteiger partial charge >= 0.3 is 0 Å². The molecule has 1 fully saturated rings. The Balaban J connectivity index is 2.04. The fraction of sp³-hybridized carbons (Fsp3) is 0.583. The number of hydrogen-bond donors (Lipinski definition) is 4. The van der Waals surface area contributed by atoms with Gasteiger partial charge in [-0.2, -0.15) is 0 Å². The third-order valence-electron chi connectivity index (χ3n) is 3.18. The van der Waals surface area contributed by atoms with Crippen molar-refractivity contribution in [3.05, 3.63) is 11.9 Å². The molecule has 0 spiro atoms. The maximum absolute atomic E-state index is 11.1. The highest BCUT2D eigenvalue weighted by Crippen LogP contribution is 2.21. The Labute approximate surface area is 112 Å². The molecule has 2 rings (SSSR count). The molecular weight excluding hydrogens is 244 g/mol. The monoisotopic (exact) mass is 264 g/mol. The number of hydrogen-bond acceptors (Lipinski definition) is 6. The van der Waals surface area contributed by atoms with Crippen LogP contribution in [0.4, 0.5) is 11.6 Å². The Morgan fingerprint density at radius 3 is 2.89 bits per heavy atom. The van der Waals surface area contributed by atoms with Crippen LogP contribution < -0.4 is 21.9 Å². The maximum Gasteiger partial charge on any atom is 0.220 e. The number of rotatable bonds is 6. The summed E-state index contributed by atoms with van der Waals surface area (Å²) in [6.07, 6.45) is 4.77. The predicted molar refractivity (Wildman–Crippen MR) is 73.5 cm³/mol. The summed E-state index contributed by atoms with van der Waals surface area (Å²) in [6.45, 7) is 2.76. The van der Waals surface area contributed by atoms with Gasteiger partial charge in [0.15, 0.2) is 0 Å². The van der Waals surface area contributed by atoms with Gasteiger partial charge in [0.05, 0.1) is 0 Å². The molecule has 0 radical (unpaired) electrons. The standard InChI is InChI=1S/C12H20N6O/c1-2-3-9-11(15-7-16-12(9)18-13)14-6-8-4-5-10(19)17-8/h7-8H,2-6,13H2,1H3,(H,17,19)(H2,14,15,16,18). The first kappa shape index (κ1) is 13.5. The van der Waals surface area contributed by atoms with Gasteiger partial charge < -0.3 is 16.1 Å². The van der Waals surface area contributed by atoms with Gasteiger partial charge in [-0.3, -0.25) is 4.79 Å². The van der Waals surface area contributed by atoms with E-state index >= 15 is 0 Å². The van der Waals surface area contributed by atoms with E-state index in [0.717, 1.165) is 30.6 Å². The van der Waals surface area contributed by atoms with Crippen molar-refractivity contribution in [3.8, 4) is 0 Å². The van der Waals surface area contributed by atoms with Crippen molar-refractivity contribution in [1.29, 1.82) is 0 Å². The first-order chi connectivity index (χ1) is 9.24. The quantitative estimate of drug-likeness (QED) is 0.438. The number of carbonyl (C=O) groups excluding carboxylic acids is 1. The predicted octanol–water partition coefficient (Wildman–Crippen LogP) is 0.405. The number of nitrogens with two attached hydrogens (primary N) is 1. The number of nitrogens with zero attached hydrogens (tertiary/aromatic N) is 2. The third kappa shape index (κ3) is 3.31. The first-order valence-corrected chi connectivity index (χ1v) is 6.58. The number of nitrogen functional groups attached to an aromatic ring is 1. The molecule has 1 aromatic heterocycles. The van der Waals surface area contributed by atoms with Crippen molar-refractivity contribution < 1.29 is 4.79 Å². The number of carbonyl (C=O) groups is 1. The molecule has 0 bridgehead atoms. The molecule has 1 amide bonds. The zero-order valence-corrected chi connectivity index (χ0v) is 11.1. The fourth-order valence-electron chi connectivity index (χ4n) is 2.23. The van der Waals surface area contributed by atoms with Gasteiger partial charge in [-0.15, -0.1) is 0 Å². The number of amides is 1. The van der Waals surface area contributed by atoms with E-state index in [2.05, 4.69) is 33.0 Å². The van der Waals surface area contributed by atoms with Crippen LogP contribution in [0.3, 0.4) is 0 Å². The molecule has 0 aromatic carbocycles. The fourth-order valence-corrected chi connectivity index (χ4v) is 2.23. The number of aromatic nitrogens is 2. The van der Waals surface area contributed by atoms with Crippen LogP contribution in [-0.4, -0.2) is 28.5 Å². The topological polar surface area (TPSA) is 105 Å². The molecule has 5 N–H and O–H groups in total. The maximum atomic E-state index is 11.1. The zero-order chi connectivity index (χ0) is 13.7. The molecule has 1 aliphatic heterocycles. The van der Waals surface area contributed by atoms with Crippen LogP contribution in [0.25, 0.3) is 0 Å². The Morgan fingerprint density at radius 1 is 1.47 bits per heavy atom. The first-order valence-electron chi connectivity index (χ1n) is 6.58. The van der Waals surface area contributed by atoms with Crippen LogP contribution in [0.5, 0.6) is 0 Å². The SMILES string of the molecule is CCCc1c(NN)ncnc1NCC1CCC(=O)N1. The van der Waals surface area contributed by atoms with Gasteiger partial charge in [0, 0.05) is 24.6 Å². The lowest BCUT2D eigenvalue weighted by atomic mass is 10.1. The largest absolute Gasteiger partial charge is 0.368 e. The van der Waals surface area contributed by atoms with Crippen molar-refractivity contribution >= 4 is 17.5 Å². The zero-order valence-electron chi connectivity index (χ0n) is 11.1. The summed E-state index contributed by atoms with van der Waals surface area (Å²) >= 11 is 0. The lowest BCUT2D eigenvalue weighted by Crippen LogP contribution is -2.32. The highest BCUT2D eigenvalue weighted by molar-refractivity contribution is 5.78. The Bertz CT molecular complexity index is 450. The van der Waals surface area contributed by atoms with E-state index < -0.39 is 0 Å². The lowest BCUT2D eigenvalue weighted by Gasteiger charge is -2.16. The number of nitrogens with one attached hydrogen (secondary N) is 3. The molecular formula is C12H20N6O. The molecule has 104 valence electrons. The van der Waals surface area contributed by atoms with E-state index in [0.29, 0.717) is 18.8 Å². The van der Waals surface area contributed by atoms with Gasteiger partial charge in [-0.25, -0.2) is 15.8 Å². The average molecular weight is 264 g/mol. The van der Waals surface area contributed by atoms with Crippen LogP contribution in [0.15, 0.2) is 6.33 Å². The van der Waals surface area contributed by atoms with Crippen molar-refractivity contribution in [2.24, 2.45) is 5.84 Å². The summed E-state index contributed by atoms with van der Waals surface area (Å²) in [6, 6.07) is 0.172.